The number of hydrogen-bond donors (Lipinski definition) is 1. The van der Waals surface area contributed by atoms with Gasteiger partial charge >= 0.3 is 0 Å². The highest BCUT2D eigenvalue weighted by Gasteiger charge is 2.31. The summed E-state index contributed by atoms with van der Waals surface area (Å²) in [6, 6.07) is 0. The lowest BCUT2D eigenvalue weighted by Crippen LogP contribution is -2.34. The van der Waals surface area contributed by atoms with E-state index >= 15 is 0 Å². The van der Waals surface area contributed by atoms with Crippen LogP contribution in [-0.4, -0.2) is 14.7 Å². The maximum atomic E-state index is 12.1. The number of rotatable bonds is 2. The van der Waals surface area contributed by atoms with Crippen LogP contribution < -0.4 is 0 Å². The molecule has 1 N–H and O–H groups in total. The highest BCUT2D eigenvalue weighted by molar-refractivity contribution is 7.93. The minimum absolute atomic E-state index is 0.0121. The summed E-state index contributed by atoms with van der Waals surface area (Å²) in [6.07, 6.45) is 4.58. The van der Waals surface area contributed by atoms with Gasteiger partial charge in [0.25, 0.3) is 0 Å². The third-order valence-corrected chi connectivity index (χ3v) is 6.18. The van der Waals surface area contributed by atoms with E-state index in [4.69, 9.17) is 4.78 Å². The van der Waals surface area contributed by atoms with Crippen molar-refractivity contribution >= 4 is 9.73 Å². The van der Waals surface area contributed by atoms with Crippen LogP contribution in [0.4, 0.5) is 0 Å². The molecular formula is C10H21NOS. The van der Waals surface area contributed by atoms with Gasteiger partial charge in [0.05, 0.1) is 0 Å². The zero-order chi connectivity index (χ0) is 10.1. The number of nitrogens with one attached hydrogen (secondary N) is 1. The predicted octanol–water partition coefficient (Wildman–Crippen LogP) is 3.02. The van der Waals surface area contributed by atoms with E-state index in [1.54, 1.807) is 0 Å². The summed E-state index contributed by atoms with van der Waals surface area (Å²) in [5, 5.41) is 0.166. The van der Waals surface area contributed by atoms with Gasteiger partial charge in [-0.3, -0.25) is 4.78 Å². The smallest absolute Gasteiger partial charge is 0.0496 e. The predicted molar refractivity (Wildman–Crippen MR) is 57.4 cm³/mol. The molecule has 0 amide bonds. The van der Waals surface area contributed by atoms with Gasteiger partial charge < -0.3 is 0 Å². The van der Waals surface area contributed by atoms with Gasteiger partial charge in [0.1, 0.15) is 0 Å². The van der Waals surface area contributed by atoms with Crippen LogP contribution in [0.2, 0.25) is 0 Å². The van der Waals surface area contributed by atoms with Gasteiger partial charge in [-0.15, -0.1) is 0 Å². The van der Waals surface area contributed by atoms with Crippen LogP contribution in [0.25, 0.3) is 0 Å². The molecule has 3 atom stereocenters. The Labute approximate surface area is 82.1 Å². The first kappa shape index (κ1) is 11.0. The molecule has 1 saturated carbocycles. The second-order valence-electron chi connectivity index (χ2n) is 4.50. The topological polar surface area (TPSA) is 40.9 Å². The van der Waals surface area contributed by atoms with Gasteiger partial charge in [0.15, 0.2) is 0 Å². The normalized spacial score (nSPS) is 34.5. The largest absolute Gasteiger partial charge is 0.252 e. The molecule has 0 saturated heterocycles. The first-order valence-electron chi connectivity index (χ1n) is 5.22. The first-order chi connectivity index (χ1) is 5.96. The maximum absolute atomic E-state index is 12.1. The maximum Gasteiger partial charge on any atom is 0.0496 e. The zero-order valence-electron chi connectivity index (χ0n) is 8.88. The summed E-state index contributed by atoms with van der Waals surface area (Å²) in [5.41, 5.74) is 0. The summed E-state index contributed by atoms with van der Waals surface area (Å²) in [4.78, 5) is 0. The van der Waals surface area contributed by atoms with Crippen LogP contribution in [0.3, 0.4) is 0 Å². The summed E-state index contributed by atoms with van der Waals surface area (Å²) in [5.74, 6) is 0.487. The minimum Gasteiger partial charge on any atom is -0.252 e. The van der Waals surface area contributed by atoms with Crippen LogP contribution in [0.15, 0.2) is 0 Å². The van der Waals surface area contributed by atoms with E-state index in [0.717, 1.165) is 19.3 Å². The average Bonchev–Trinajstić information content (AvgIpc) is 2.04. The zero-order valence-corrected chi connectivity index (χ0v) is 9.69. The molecule has 3 heteroatoms. The average molecular weight is 203 g/mol. The van der Waals surface area contributed by atoms with Crippen molar-refractivity contribution in [1.82, 2.24) is 0 Å². The van der Waals surface area contributed by atoms with Crippen molar-refractivity contribution in [3.63, 3.8) is 0 Å². The van der Waals surface area contributed by atoms with Gasteiger partial charge in [-0.1, -0.05) is 33.6 Å². The van der Waals surface area contributed by atoms with Gasteiger partial charge in [-0.05, 0) is 18.8 Å². The van der Waals surface area contributed by atoms with E-state index in [1.807, 2.05) is 13.8 Å². The van der Waals surface area contributed by atoms with E-state index in [2.05, 4.69) is 6.92 Å². The van der Waals surface area contributed by atoms with E-state index in [-0.39, 0.29) is 10.5 Å². The molecule has 1 rings (SSSR count). The molecule has 0 heterocycles. The highest BCUT2D eigenvalue weighted by atomic mass is 32.2. The highest BCUT2D eigenvalue weighted by Crippen LogP contribution is 2.31. The van der Waals surface area contributed by atoms with Crippen molar-refractivity contribution in [1.29, 1.82) is 4.78 Å². The minimum atomic E-state index is -2.35. The lowest BCUT2D eigenvalue weighted by molar-refractivity contribution is 0.387. The molecule has 13 heavy (non-hydrogen) atoms. The van der Waals surface area contributed by atoms with Crippen molar-refractivity contribution in [2.75, 3.05) is 0 Å². The van der Waals surface area contributed by atoms with Crippen molar-refractivity contribution in [3.8, 4) is 0 Å². The standard InChI is InChI=1S/C10H21NOS/c1-8(2)13(11,12)10-7-5-4-6-9(10)3/h8-11H,4-7H2,1-3H3. The van der Waals surface area contributed by atoms with Crippen LogP contribution >= 0.6 is 0 Å². The van der Waals surface area contributed by atoms with Crippen LogP contribution in [0.5, 0.6) is 0 Å². The van der Waals surface area contributed by atoms with Crippen LogP contribution in [-0.2, 0) is 9.73 Å². The lowest BCUT2D eigenvalue weighted by atomic mass is 9.90. The van der Waals surface area contributed by atoms with Crippen LogP contribution in [0, 0.1) is 10.7 Å². The summed E-state index contributed by atoms with van der Waals surface area (Å²) in [7, 11) is -2.35. The van der Waals surface area contributed by atoms with Crippen molar-refractivity contribution in [2.24, 2.45) is 5.92 Å². The molecule has 78 valence electrons. The molecule has 0 bridgehead atoms. The van der Waals surface area contributed by atoms with Crippen molar-refractivity contribution < 1.29 is 4.21 Å². The second kappa shape index (κ2) is 3.99. The Hall–Kier alpha value is -0.0500. The monoisotopic (exact) mass is 203 g/mol. The fraction of sp³-hybridized carbons (Fsp3) is 1.00. The van der Waals surface area contributed by atoms with Crippen molar-refractivity contribution in [3.05, 3.63) is 0 Å². The molecule has 1 aliphatic carbocycles. The molecule has 0 spiro atoms. The molecule has 0 aromatic carbocycles. The van der Waals surface area contributed by atoms with E-state index in [0.29, 0.717) is 5.92 Å². The van der Waals surface area contributed by atoms with Crippen molar-refractivity contribution in [2.45, 2.75) is 57.0 Å². The Kier molecular flexibility index (Phi) is 3.38. The molecule has 2 nitrogen and oxygen atoms in total. The first-order valence-corrected chi connectivity index (χ1v) is 6.91. The second-order valence-corrected chi connectivity index (χ2v) is 7.34. The van der Waals surface area contributed by atoms with Gasteiger partial charge in [-0.25, -0.2) is 4.21 Å². The third kappa shape index (κ3) is 2.25. The SMILES string of the molecule is CC1CCCCC1S(=N)(=O)C(C)C. The molecule has 0 aromatic rings. The lowest BCUT2D eigenvalue weighted by Gasteiger charge is -2.31. The van der Waals surface area contributed by atoms with E-state index in [9.17, 15) is 4.21 Å². The Morgan fingerprint density at radius 3 is 2.31 bits per heavy atom. The summed E-state index contributed by atoms with van der Waals surface area (Å²) >= 11 is 0. The van der Waals surface area contributed by atoms with Gasteiger partial charge in [-0.2, -0.15) is 0 Å². The van der Waals surface area contributed by atoms with Gasteiger partial charge in [0, 0.05) is 20.2 Å². The molecule has 3 unspecified atom stereocenters. The summed E-state index contributed by atoms with van der Waals surface area (Å²) < 4.78 is 20.1. The molecule has 1 fully saturated rings. The van der Waals surface area contributed by atoms with Crippen LogP contribution in [0.1, 0.15) is 46.5 Å². The Balaban J connectivity index is 2.80. The van der Waals surface area contributed by atoms with E-state index in [1.165, 1.54) is 6.42 Å². The van der Waals surface area contributed by atoms with Gasteiger partial charge in [0.2, 0.25) is 0 Å². The van der Waals surface area contributed by atoms with E-state index < -0.39 is 9.73 Å². The Morgan fingerprint density at radius 1 is 1.31 bits per heavy atom. The molecule has 0 aliphatic heterocycles. The quantitative estimate of drug-likeness (QED) is 0.736. The Bertz CT molecular complexity index is 256. The summed E-state index contributed by atoms with van der Waals surface area (Å²) in [6.45, 7) is 5.98. The molecule has 0 aromatic heterocycles. The molecule has 1 aliphatic rings. The number of hydrogen-bond acceptors (Lipinski definition) is 2. The Morgan fingerprint density at radius 2 is 1.85 bits per heavy atom. The fourth-order valence-corrected chi connectivity index (χ4v) is 4.19. The fourth-order valence-electron chi connectivity index (χ4n) is 2.15. The molecule has 0 radical (unpaired) electrons. The molecular weight excluding hydrogens is 182 g/mol. The third-order valence-electron chi connectivity index (χ3n) is 3.18.